The largest absolute Gasteiger partial charge is 0.360 e. The van der Waals surface area contributed by atoms with Crippen molar-refractivity contribution in [3.05, 3.63) is 76.5 Å². The molecule has 1 aromatic heterocycles. The first kappa shape index (κ1) is 17.4. The minimum absolute atomic E-state index is 0.276. The van der Waals surface area contributed by atoms with Crippen LogP contribution in [-0.2, 0) is 0 Å². The second kappa shape index (κ2) is 7.23. The molecule has 6 heteroatoms. The maximum atomic E-state index is 12.5. The van der Waals surface area contributed by atoms with E-state index in [4.69, 9.17) is 4.52 Å². The van der Waals surface area contributed by atoms with Gasteiger partial charge in [-0.3, -0.25) is 9.59 Å². The first-order valence-electron chi connectivity index (χ1n) is 8.15. The molecule has 0 atom stereocenters. The summed E-state index contributed by atoms with van der Waals surface area (Å²) >= 11 is 0. The Morgan fingerprint density at radius 1 is 0.846 bits per heavy atom. The fourth-order valence-electron chi connectivity index (χ4n) is 2.67. The van der Waals surface area contributed by atoms with Gasteiger partial charge in [0.2, 0.25) is 0 Å². The van der Waals surface area contributed by atoms with Gasteiger partial charge in [0.05, 0.1) is 0 Å². The zero-order chi connectivity index (χ0) is 18.7. The lowest BCUT2D eigenvalue weighted by Gasteiger charge is -2.09. The Hall–Kier alpha value is -3.41. The third-order valence-corrected chi connectivity index (χ3v) is 3.74. The maximum absolute atomic E-state index is 12.5. The van der Waals surface area contributed by atoms with Crippen molar-refractivity contribution in [3.63, 3.8) is 0 Å². The first-order valence-corrected chi connectivity index (χ1v) is 8.15. The van der Waals surface area contributed by atoms with Crippen LogP contribution in [0.15, 0.2) is 53.1 Å². The number of anilines is 2. The van der Waals surface area contributed by atoms with Gasteiger partial charge in [0.15, 0.2) is 5.82 Å². The van der Waals surface area contributed by atoms with Crippen LogP contribution in [0.5, 0.6) is 0 Å². The average molecular weight is 349 g/mol. The average Bonchev–Trinajstić information content (AvgIpc) is 2.99. The van der Waals surface area contributed by atoms with E-state index in [0.29, 0.717) is 22.7 Å². The van der Waals surface area contributed by atoms with E-state index in [-0.39, 0.29) is 11.8 Å². The van der Waals surface area contributed by atoms with Crippen LogP contribution >= 0.6 is 0 Å². The molecule has 0 bridgehead atoms. The highest BCUT2D eigenvalue weighted by molar-refractivity contribution is 6.08. The van der Waals surface area contributed by atoms with Crippen molar-refractivity contribution in [2.45, 2.75) is 20.8 Å². The fourth-order valence-corrected chi connectivity index (χ4v) is 2.67. The molecule has 26 heavy (non-hydrogen) atoms. The standard InChI is InChI=1S/C20H19N3O3/c1-12-7-13(2)9-17(8-12)21-19(24)15-5-4-6-16(11-15)20(25)22-18-10-14(3)26-23-18/h4-11H,1-3H3,(H,21,24)(H,22,23,25). The number of carbonyl (C=O) groups excluding carboxylic acids is 2. The van der Waals surface area contributed by atoms with Gasteiger partial charge in [0.1, 0.15) is 5.76 Å². The molecule has 0 aliphatic rings. The number of carbonyl (C=O) groups is 2. The van der Waals surface area contributed by atoms with Crippen molar-refractivity contribution in [1.29, 1.82) is 0 Å². The SMILES string of the molecule is Cc1cc(C)cc(NC(=O)c2cccc(C(=O)Nc3cc(C)on3)c2)c1. The molecule has 1 heterocycles. The number of rotatable bonds is 4. The number of hydrogen-bond donors (Lipinski definition) is 2. The van der Waals surface area contributed by atoms with Gasteiger partial charge in [-0.2, -0.15) is 0 Å². The highest BCUT2D eigenvalue weighted by Crippen LogP contribution is 2.16. The maximum Gasteiger partial charge on any atom is 0.256 e. The minimum Gasteiger partial charge on any atom is -0.360 e. The van der Waals surface area contributed by atoms with Crippen LogP contribution in [0.1, 0.15) is 37.6 Å². The Morgan fingerprint density at radius 3 is 2.04 bits per heavy atom. The number of aryl methyl sites for hydroxylation is 3. The molecule has 2 amide bonds. The molecule has 0 fully saturated rings. The summed E-state index contributed by atoms with van der Waals surface area (Å²) < 4.78 is 4.92. The van der Waals surface area contributed by atoms with Crippen molar-refractivity contribution in [2.75, 3.05) is 10.6 Å². The molecule has 0 saturated carbocycles. The Morgan fingerprint density at radius 2 is 1.46 bits per heavy atom. The second-order valence-corrected chi connectivity index (χ2v) is 6.19. The predicted molar refractivity (Wildman–Crippen MR) is 99.5 cm³/mol. The van der Waals surface area contributed by atoms with Gasteiger partial charge >= 0.3 is 0 Å². The molecule has 6 nitrogen and oxygen atoms in total. The number of benzene rings is 2. The molecule has 0 saturated heterocycles. The Kier molecular flexibility index (Phi) is 4.84. The van der Waals surface area contributed by atoms with E-state index in [2.05, 4.69) is 15.8 Å². The topological polar surface area (TPSA) is 84.2 Å². The van der Waals surface area contributed by atoms with E-state index in [1.165, 1.54) is 0 Å². The lowest BCUT2D eigenvalue weighted by molar-refractivity contribution is 0.102. The zero-order valence-corrected chi connectivity index (χ0v) is 14.8. The van der Waals surface area contributed by atoms with E-state index >= 15 is 0 Å². The van der Waals surface area contributed by atoms with Crippen molar-refractivity contribution in [3.8, 4) is 0 Å². The number of amides is 2. The highest BCUT2D eigenvalue weighted by atomic mass is 16.5. The molecule has 0 unspecified atom stereocenters. The summed E-state index contributed by atoms with van der Waals surface area (Å²) in [4.78, 5) is 24.8. The van der Waals surface area contributed by atoms with Crippen LogP contribution in [0.25, 0.3) is 0 Å². The molecule has 2 N–H and O–H groups in total. The lowest BCUT2D eigenvalue weighted by Crippen LogP contribution is -2.15. The smallest absolute Gasteiger partial charge is 0.256 e. The van der Waals surface area contributed by atoms with Crippen molar-refractivity contribution >= 4 is 23.3 Å². The van der Waals surface area contributed by atoms with Crippen LogP contribution in [0.3, 0.4) is 0 Å². The summed E-state index contributed by atoms with van der Waals surface area (Å²) in [7, 11) is 0. The van der Waals surface area contributed by atoms with Gasteiger partial charge < -0.3 is 15.2 Å². The molecule has 0 aliphatic heterocycles. The Labute approximate surface area is 151 Å². The molecule has 0 radical (unpaired) electrons. The fraction of sp³-hybridized carbons (Fsp3) is 0.150. The molecule has 3 aromatic rings. The van der Waals surface area contributed by atoms with E-state index in [9.17, 15) is 9.59 Å². The predicted octanol–water partition coefficient (Wildman–Crippen LogP) is 4.10. The van der Waals surface area contributed by atoms with Gasteiger partial charge in [-0.25, -0.2) is 0 Å². The number of nitrogens with one attached hydrogen (secondary N) is 2. The summed E-state index contributed by atoms with van der Waals surface area (Å²) in [6.45, 7) is 5.68. The molecule has 2 aromatic carbocycles. The van der Waals surface area contributed by atoms with Crippen molar-refractivity contribution in [2.24, 2.45) is 0 Å². The van der Waals surface area contributed by atoms with E-state index < -0.39 is 0 Å². The molecule has 0 spiro atoms. The Balaban J connectivity index is 1.75. The summed E-state index contributed by atoms with van der Waals surface area (Å²) in [6, 6.07) is 14.0. The van der Waals surface area contributed by atoms with Gasteiger partial charge in [-0.05, 0) is 62.2 Å². The quantitative estimate of drug-likeness (QED) is 0.742. The van der Waals surface area contributed by atoms with Crippen LogP contribution in [0, 0.1) is 20.8 Å². The highest BCUT2D eigenvalue weighted by Gasteiger charge is 2.13. The monoisotopic (exact) mass is 349 g/mol. The molecule has 3 rings (SSSR count). The van der Waals surface area contributed by atoms with Gasteiger partial charge in [-0.15, -0.1) is 0 Å². The zero-order valence-electron chi connectivity index (χ0n) is 14.8. The van der Waals surface area contributed by atoms with Crippen molar-refractivity contribution in [1.82, 2.24) is 5.16 Å². The normalized spacial score (nSPS) is 10.4. The van der Waals surface area contributed by atoms with Gasteiger partial charge in [-0.1, -0.05) is 17.3 Å². The molecular weight excluding hydrogens is 330 g/mol. The molecule has 132 valence electrons. The van der Waals surface area contributed by atoms with E-state index in [1.54, 1.807) is 37.3 Å². The molecular formula is C20H19N3O3. The van der Waals surface area contributed by atoms with Crippen LogP contribution in [0.4, 0.5) is 11.5 Å². The summed E-state index contributed by atoms with van der Waals surface area (Å²) in [5.41, 5.74) is 3.61. The summed E-state index contributed by atoms with van der Waals surface area (Å²) in [5, 5.41) is 9.22. The Bertz CT molecular complexity index is 956. The third kappa shape index (κ3) is 4.16. The number of hydrogen-bond acceptors (Lipinski definition) is 4. The first-order chi connectivity index (χ1) is 12.4. The third-order valence-electron chi connectivity index (χ3n) is 3.74. The number of nitrogens with zero attached hydrogens (tertiary/aromatic N) is 1. The van der Waals surface area contributed by atoms with Crippen LogP contribution in [-0.4, -0.2) is 17.0 Å². The second-order valence-electron chi connectivity index (χ2n) is 6.19. The van der Waals surface area contributed by atoms with Gasteiger partial charge in [0, 0.05) is 22.9 Å². The lowest BCUT2D eigenvalue weighted by atomic mass is 10.1. The molecule has 0 aliphatic carbocycles. The minimum atomic E-state index is -0.362. The summed E-state index contributed by atoms with van der Waals surface area (Å²) in [5.74, 6) is 0.292. The van der Waals surface area contributed by atoms with Crippen molar-refractivity contribution < 1.29 is 14.1 Å². The summed E-state index contributed by atoms with van der Waals surface area (Å²) in [6.07, 6.45) is 0. The van der Waals surface area contributed by atoms with E-state index in [1.807, 2.05) is 32.0 Å². The van der Waals surface area contributed by atoms with Crippen LogP contribution < -0.4 is 10.6 Å². The van der Waals surface area contributed by atoms with Crippen LogP contribution in [0.2, 0.25) is 0 Å². The number of aromatic nitrogens is 1. The van der Waals surface area contributed by atoms with Gasteiger partial charge in [0.25, 0.3) is 11.8 Å². The van der Waals surface area contributed by atoms with E-state index in [0.717, 1.165) is 16.8 Å².